The topological polar surface area (TPSA) is 114 Å². The summed E-state index contributed by atoms with van der Waals surface area (Å²) in [5, 5.41) is 0. The lowest BCUT2D eigenvalue weighted by Gasteiger charge is -2.24. The molecule has 1 fully saturated rings. The van der Waals surface area contributed by atoms with Gasteiger partial charge in [-0.25, -0.2) is 8.42 Å². The molecule has 0 radical (unpaired) electrons. The van der Waals surface area contributed by atoms with Crippen molar-refractivity contribution in [3.8, 4) is 5.75 Å². The summed E-state index contributed by atoms with van der Waals surface area (Å²) in [6.07, 6.45) is 2.19. The maximum atomic E-state index is 12.4. The first-order chi connectivity index (χ1) is 14.2. The van der Waals surface area contributed by atoms with Crippen LogP contribution in [0.15, 0.2) is 53.5 Å². The number of ether oxygens (including phenoxy) is 1. The van der Waals surface area contributed by atoms with Crippen molar-refractivity contribution in [1.29, 1.82) is 0 Å². The number of rotatable bonds is 8. The van der Waals surface area contributed by atoms with E-state index in [0.717, 1.165) is 23.1 Å². The van der Waals surface area contributed by atoms with Gasteiger partial charge in [-0.2, -0.15) is 0 Å². The van der Waals surface area contributed by atoms with E-state index in [-0.39, 0.29) is 11.9 Å². The van der Waals surface area contributed by atoms with Crippen molar-refractivity contribution in [2.75, 3.05) is 18.1 Å². The minimum Gasteiger partial charge on any atom is -0.497 e. The normalized spacial score (nSPS) is 17.3. The maximum absolute atomic E-state index is 12.4. The van der Waals surface area contributed by atoms with Crippen molar-refractivity contribution < 1.29 is 17.9 Å². The van der Waals surface area contributed by atoms with E-state index in [2.05, 4.69) is 9.71 Å². The third-order valence-corrected chi connectivity index (χ3v) is 5.49. The van der Waals surface area contributed by atoms with Gasteiger partial charge in [0, 0.05) is 18.7 Å². The van der Waals surface area contributed by atoms with E-state index in [1.165, 1.54) is 0 Å². The first kappa shape index (κ1) is 21.6. The lowest BCUT2D eigenvalue weighted by Crippen LogP contribution is -2.42. The number of hydrogen-bond acceptors (Lipinski definition) is 5. The van der Waals surface area contributed by atoms with Crippen molar-refractivity contribution in [3.05, 3.63) is 59.7 Å². The highest BCUT2D eigenvalue weighted by Crippen LogP contribution is 2.23. The number of nitrogens with one attached hydrogen (secondary N) is 1. The van der Waals surface area contributed by atoms with Crippen LogP contribution in [0.1, 0.15) is 24.0 Å². The second-order valence-electron chi connectivity index (χ2n) is 7.24. The SMILES string of the molecule is COc1ccc(CN2C(=O)CC[C@H]2C(N)=NCc2ccc(NS(C)(=O)=O)cc2)cc1. The molecule has 0 aromatic heterocycles. The zero-order valence-electron chi connectivity index (χ0n) is 17.0. The zero-order valence-corrected chi connectivity index (χ0v) is 17.9. The molecule has 0 spiro atoms. The first-order valence-electron chi connectivity index (χ1n) is 9.54. The van der Waals surface area contributed by atoms with E-state index in [1.807, 2.05) is 24.3 Å². The molecule has 3 N–H and O–H groups in total. The Morgan fingerprint density at radius 1 is 1.17 bits per heavy atom. The summed E-state index contributed by atoms with van der Waals surface area (Å²) in [5.74, 6) is 1.25. The fourth-order valence-electron chi connectivity index (χ4n) is 3.35. The first-order valence-corrected chi connectivity index (χ1v) is 11.4. The molecule has 30 heavy (non-hydrogen) atoms. The van der Waals surface area contributed by atoms with Gasteiger partial charge in [-0.1, -0.05) is 24.3 Å². The Hall–Kier alpha value is -3.07. The Labute approximate surface area is 176 Å². The van der Waals surface area contributed by atoms with Gasteiger partial charge in [0.15, 0.2) is 0 Å². The summed E-state index contributed by atoms with van der Waals surface area (Å²) in [4.78, 5) is 18.6. The molecule has 2 aromatic carbocycles. The van der Waals surface area contributed by atoms with Crippen molar-refractivity contribution in [2.45, 2.75) is 32.0 Å². The Bertz CT molecular complexity index is 1020. The van der Waals surface area contributed by atoms with Crippen LogP contribution in [0.25, 0.3) is 0 Å². The molecule has 0 aliphatic carbocycles. The molecule has 0 bridgehead atoms. The number of nitrogens with two attached hydrogens (primary N) is 1. The number of aliphatic imine (C=N–C) groups is 1. The van der Waals surface area contributed by atoms with Crippen LogP contribution in [0.2, 0.25) is 0 Å². The highest BCUT2D eigenvalue weighted by Gasteiger charge is 2.33. The van der Waals surface area contributed by atoms with Crippen molar-refractivity contribution in [1.82, 2.24) is 4.90 Å². The van der Waals surface area contributed by atoms with Gasteiger partial charge in [-0.3, -0.25) is 14.5 Å². The number of amidine groups is 1. The number of hydrogen-bond donors (Lipinski definition) is 2. The fraction of sp³-hybridized carbons (Fsp3) is 0.333. The molecule has 0 unspecified atom stereocenters. The Kier molecular flexibility index (Phi) is 6.61. The van der Waals surface area contributed by atoms with Crippen LogP contribution in [0.3, 0.4) is 0 Å². The molecule has 160 valence electrons. The second-order valence-corrected chi connectivity index (χ2v) is 8.98. The van der Waals surface area contributed by atoms with Gasteiger partial charge >= 0.3 is 0 Å². The highest BCUT2D eigenvalue weighted by atomic mass is 32.2. The van der Waals surface area contributed by atoms with Gasteiger partial charge in [-0.05, 0) is 41.8 Å². The molecule has 1 saturated heterocycles. The number of sulfonamides is 1. The van der Waals surface area contributed by atoms with Crippen molar-refractivity contribution in [2.24, 2.45) is 10.7 Å². The van der Waals surface area contributed by atoms with E-state index in [9.17, 15) is 13.2 Å². The van der Waals surface area contributed by atoms with Crippen LogP contribution < -0.4 is 15.2 Å². The lowest BCUT2D eigenvalue weighted by molar-refractivity contribution is -0.128. The monoisotopic (exact) mass is 430 g/mol. The van der Waals surface area contributed by atoms with E-state index in [0.29, 0.717) is 37.5 Å². The molecule has 1 heterocycles. The van der Waals surface area contributed by atoms with E-state index in [1.54, 1.807) is 36.3 Å². The van der Waals surface area contributed by atoms with E-state index >= 15 is 0 Å². The molecule has 2 aromatic rings. The van der Waals surface area contributed by atoms with Crippen LogP contribution in [-0.4, -0.2) is 44.5 Å². The van der Waals surface area contributed by atoms with Gasteiger partial charge in [0.05, 0.1) is 26.0 Å². The highest BCUT2D eigenvalue weighted by molar-refractivity contribution is 7.92. The van der Waals surface area contributed by atoms with Crippen LogP contribution in [0, 0.1) is 0 Å². The average molecular weight is 431 g/mol. The number of benzene rings is 2. The van der Waals surface area contributed by atoms with Crippen LogP contribution >= 0.6 is 0 Å². The second kappa shape index (κ2) is 9.17. The largest absolute Gasteiger partial charge is 0.497 e. The van der Waals surface area contributed by atoms with E-state index in [4.69, 9.17) is 10.5 Å². The minimum absolute atomic E-state index is 0.0603. The Morgan fingerprint density at radius 3 is 2.40 bits per heavy atom. The fourth-order valence-corrected chi connectivity index (χ4v) is 3.91. The number of likely N-dealkylation sites (tertiary alicyclic amines) is 1. The van der Waals surface area contributed by atoms with Crippen molar-refractivity contribution >= 4 is 27.5 Å². The number of anilines is 1. The molecule has 3 rings (SSSR count). The molecular formula is C21H26N4O4S. The lowest BCUT2D eigenvalue weighted by atomic mass is 10.1. The molecule has 9 heteroatoms. The predicted octanol–water partition coefficient (Wildman–Crippen LogP) is 2.12. The molecule has 8 nitrogen and oxygen atoms in total. The summed E-state index contributed by atoms with van der Waals surface area (Å²) in [5.41, 5.74) is 8.62. The number of methoxy groups -OCH3 is 1. The summed E-state index contributed by atoms with van der Waals surface area (Å²) in [6, 6.07) is 14.3. The predicted molar refractivity (Wildman–Crippen MR) is 117 cm³/mol. The Morgan fingerprint density at radius 2 is 1.80 bits per heavy atom. The summed E-state index contributed by atoms with van der Waals surface area (Å²) in [6.45, 7) is 0.821. The number of carbonyl (C=O) groups excluding carboxylic acids is 1. The maximum Gasteiger partial charge on any atom is 0.229 e. The Balaban J connectivity index is 1.65. The molecule has 1 amide bonds. The van der Waals surface area contributed by atoms with Gasteiger partial charge < -0.3 is 15.4 Å². The minimum atomic E-state index is -3.31. The number of amides is 1. The molecule has 0 saturated carbocycles. The van der Waals surface area contributed by atoms with Crippen LogP contribution in [-0.2, 0) is 27.9 Å². The zero-order chi connectivity index (χ0) is 21.7. The van der Waals surface area contributed by atoms with Crippen LogP contribution in [0.5, 0.6) is 5.75 Å². The smallest absolute Gasteiger partial charge is 0.229 e. The van der Waals surface area contributed by atoms with Crippen molar-refractivity contribution in [3.63, 3.8) is 0 Å². The molecule has 1 aliphatic heterocycles. The number of carbonyl (C=O) groups is 1. The standard InChI is InChI=1S/C21H26N4O4S/c1-29-18-9-5-16(6-10-18)14-25-19(11-12-20(25)26)21(22)23-13-15-3-7-17(8-4-15)24-30(2,27)28/h3-10,19,24H,11-14H2,1-2H3,(H2,22,23)/t19-/m0/s1. The summed E-state index contributed by atoms with van der Waals surface area (Å²) >= 11 is 0. The number of nitrogens with zero attached hydrogens (tertiary/aromatic N) is 2. The molecule has 1 aliphatic rings. The van der Waals surface area contributed by atoms with Gasteiger partial charge in [0.2, 0.25) is 15.9 Å². The summed E-state index contributed by atoms with van der Waals surface area (Å²) in [7, 11) is -1.70. The average Bonchev–Trinajstić information content (AvgIpc) is 3.07. The third-order valence-electron chi connectivity index (χ3n) is 4.88. The van der Waals surface area contributed by atoms with Crippen LogP contribution in [0.4, 0.5) is 5.69 Å². The van der Waals surface area contributed by atoms with Gasteiger partial charge in [-0.15, -0.1) is 0 Å². The molecule has 1 atom stereocenters. The van der Waals surface area contributed by atoms with E-state index < -0.39 is 10.0 Å². The molecular weight excluding hydrogens is 404 g/mol. The summed E-state index contributed by atoms with van der Waals surface area (Å²) < 4.78 is 30.1. The quantitative estimate of drug-likeness (QED) is 0.492. The third kappa shape index (κ3) is 5.73. The van der Waals surface area contributed by atoms with Gasteiger partial charge in [0.1, 0.15) is 11.6 Å². The van der Waals surface area contributed by atoms with Gasteiger partial charge in [0.25, 0.3) is 0 Å².